The topological polar surface area (TPSA) is 39.7 Å². The van der Waals surface area contributed by atoms with Crippen LogP contribution in [0.5, 0.6) is 11.5 Å². The van der Waals surface area contributed by atoms with Crippen molar-refractivity contribution in [2.24, 2.45) is 0 Å². The molecule has 2 rings (SSSR count). The first-order chi connectivity index (χ1) is 9.74. The van der Waals surface area contributed by atoms with E-state index in [1.54, 1.807) is 7.11 Å². The van der Waals surface area contributed by atoms with Gasteiger partial charge in [0.05, 0.1) is 24.8 Å². The van der Waals surface area contributed by atoms with E-state index in [4.69, 9.17) is 25.8 Å². The second-order valence-corrected chi connectivity index (χ2v) is 5.22. The number of methoxy groups -OCH3 is 1. The van der Waals surface area contributed by atoms with Crippen molar-refractivity contribution in [3.63, 3.8) is 0 Å². The van der Waals surface area contributed by atoms with Crippen molar-refractivity contribution in [3.05, 3.63) is 22.7 Å². The first-order valence-corrected chi connectivity index (χ1v) is 7.44. The maximum absolute atomic E-state index is 6.22. The molecule has 1 atom stereocenters. The molecule has 1 N–H and O–H groups in total. The lowest BCUT2D eigenvalue weighted by atomic mass is 10.2. The molecule has 0 amide bonds. The number of halogens is 1. The fourth-order valence-corrected chi connectivity index (χ4v) is 2.68. The van der Waals surface area contributed by atoms with E-state index in [0.717, 1.165) is 38.1 Å². The van der Waals surface area contributed by atoms with Crippen molar-refractivity contribution >= 4 is 11.6 Å². The van der Waals surface area contributed by atoms with Gasteiger partial charge in [0.15, 0.2) is 11.5 Å². The highest BCUT2D eigenvalue weighted by Gasteiger charge is 2.15. The zero-order chi connectivity index (χ0) is 14.4. The van der Waals surface area contributed by atoms with Crippen LogP contribution in [0.3, 0.4) is 0 Å². The zero-order valence-corrected chi connectivity index (χ0v) is 12.8. The van der Waals surface area contributed by atoms with Crippen LogP contribution in [-0.4, -0.2) is 33.0 Å². The Morgan fingerprint density at radius 2 is 2.30 bits per heavy atom. The van der Waals surface area contributed by atoms with Gasteiger partial charge in [-0.1, -0.05) is 11.6 Å². The van der Waals surface area contributed by atoms with E-state index >= 15 is 0 Å². The van der Waals surface area contributed by atoms with Crippen LogP contribution in [0.2, 0.25) is 5.02 Å². The van der Waals surface area contributed by atoms with Crippen LogP contribution in [0, 0.1) is 0 Å². The number of hydrogen-bond donors (Lipinski definition) is 1. The van der Waals surface area contributed by atoms with E-state index < -0.39 is 0 Å². The molecule has 0 radical (unpaired) electrons. The van der Waals surface area contributed by atoms with Gasteiger partial charge >= 0.3 is 0 Å². The number of rotatable bonds is 7. The molecule has 20 heavy (non-hydrogen) atoms. The normalized spacial score (nSPS) is 18.2. The van der Waals surface area contributed by atoms with E-state index in [1.165, 1.54) is 0 Å². The molecule has 1 aromatic rings. The Hall–Kier alpha value is -0.970. The van der Waals surface area contributed by atoms with Crippen molar-refractivity contribution in [1.29, 1.82) is 0 Å². The average molecular weight is 300 g/mol. The molecule has 0 bridgehead atoms. The number of benzene rings is 1. The number of hydrogen-bond acceptors (Lipinski definition) is 4. The van der Waals surface area contributed by atoms with Gasteiger partial charge in [-0.15, -0.1) is 0 Å². The maximum atomic E-state index is 6.22. The van der Waals surface area contributed by atoms with Gasteiger partial charge in [-0.2, -0.15) is 0 Å². The summed E-state index contributed by atoms with van der Waals surface area (Å²) in [5.41, 5.74) is 1.08. The van der Waals surface area contributed by atoms with Crippen LogP contribution in [0.1, 0.15) is 25.3 Å². The highest BCUT2D eigenvalue weighted by Crippen LogP contribution is 2.36. The highest BCUT2D eigenvalue weighted by atomic mass is 35.5. The third kappa shape index (κ3) is 4.01. The van der Waals surface area contributed by atoms with Gasteiger partial charge in [0.25, 0.3) is 0 Å². The molecule has 0 saturated carbocycles. The molecule has 0 aromatic heterocycles. The second kappa shape index (κ2) is 7.72. The summed E-state index contributed by atoms with van der Waals surface area (Å²) in [5.74, 6) is 1.29. The van der Waals surface area contributed by atoms with E-state index in [-0.39, 0.29) is 0 Å². The molecule has 0 spiro atoms. The molecule has 1 fully saturated rings. The number of nitrogens with one attached hydrogen (secondary N) is 1. The molecule has 0 aliphatic carbocycles. The van der Waals surface area contributed by atoms with Gasteiger partial charge in [-0.3, -0.25) is 0 Å². The minimum Gasteiger partial charge on any atom is -0.491 e. The predicted molar refractivity (Wildman–Crippen MR) is 79.9 cm³/mol. The van der Waals surface area contributed by atoms with Crippen LogP contribution in [0.15, 0.2) is 12.1 Å². The molecule has 5 heteroatoms. The smallest absolute Gasteiger partial charge is 0.179 e. The molecule has 4 nitrogen and oxygen atoms in total. The Balaban J connectivity index is 1.96. The van der Waals surface area contributed by atoms with E-state index in [1.807, 2.05) is 19.1 Å². The first-order valence-electron chi connectivity index (χ1n) is 7.06. The van der Waals surface area contributed by atoms with Crippen LogP contribution < -0.4 is 14.8 Å². The highest BCUT2D eigenvalue weighted by molar-refractivity contribution is 6.32. The molecular weight excluding hydrogens is 278 g/mol. The summed E-state index contributed by atoms with van der Waals surface area (Å²) in [6.45, 7) is 5.02. The minimum absolute atomic E-state index is 0.343. The van der Waals surface area contributed by atoms with Crippen molar-refractivity contribution in [2.45, 2.75) is 32.4 Å². The van der Waals surface area contributed by atoms with Gasteiger partial charge in [-0.25, -0.2) is 0 Å². The Labute approximate surface area is 125 Å². The lowest BCUT2D eigenvalue weighted by Crippen LogP contribution is -2.25. The molecule has 1 saturated heterocycles. The summed E-state index contributed by atoms with van der Waals surface area (Å²) in [6.07, 6.45) is 2.64. The fourth-order valence-electron chi connectivity index (χ4n) is 2.37. The van der Waals surface area contributed by atoms with Crippen molar-refractivity contribution in [2.75, 3.05) is 26.9 Å². The van der Waals surface area contributed by atoms with Crippen LogP contribution in [-0.2, 0) is 11.3 Å². The Bertz CT molecular complexity index is 433. The van der Waals surface area contributed by atoms with Crippen molar-refractivity contribution < 1.29 is 14.2 Å². The number of ether oxygens (including phenoxy) is 3. The molecular formula is C15H22ClNO3. The minimum atomic E-state index is 0.343. The summed E-state index contributed by atoms with van der Waals surface area (Å²) in [5, 5.41) is 3.97. The largest absolute Gasteiger partial charge is 0.491 e. The Morgan fingerprint density at radius 1 is 1.45 bits per heavy atom. The summed E-state index contributed by atoms with van der Waals surface area (Å²) in [7, 11) is 1.60. The van der Waals surface area contributed by atoms with Crippen LogP contribution >= 0.6 is 11.6 Å². The van der Waals surface area contributed by atoms with Crippen molar-refractivity contribution in [1.82, 2.24) is 5.32 Å². The standard InChI is InChI=1S/C15H22ClNO3/c1-3-19-14-8-11(7-13(16)15(14)18-2)9-17-10-12-5-4-6-20-12/h7-8,12,17H,3-6,9-10H2,1-2H3/t12-/m1/s1. The van der Waals surface area contributed by atoms with Crippen LogP contribution in [0.4, 0.5) is 0 Å². The summed E-state index contributed by atoms with van der Waals surface area (Å²) in [6, 6.07) is 3.88. The first kappa shape index (κ1) is 15.4. The third-order valence-electron chi connectivity index (χ3n) is 3.30. The van der Waals surface area contributed by atoms with E-state index in [2.05, 4.69) is 5.32 Å². The fraction of sp³-hybridized carbons (Fsp3) is 0.600. The predicted octanol–water partition coefficient (Wildman–Crippen LogP) is 3.02. The maximum Gasteiger partial charge on any atom is 0.179 e. The SMILES string of the molecule is CCOc1cc(CNC[C@H]2CCCO2)cc(Cl)c1OC. The summed E-state index contributed by atoms with van der Waals surface area (Å²) >= 11 is 6.22. The monoisotopic (exact) mass is 299 g/mol. The Morgan fingerprint density at radius 3 is 2.95 bits per heavy atom. The molecule has 112 valence electrons. The molecule has 0 unspecified atom stereocenters. The molecule has 1 aliphatic heterocycles. The third-order valence-corrected chi connectivity index (χ3v) is 3.58. The van der Waals surface area contributed by atoms with Gasteiger partial charge in [0, 0.05) is 19.7 Å². The van der Waals surface area contributed by atoms with E-state index in [9.17, 15) is 0 Å². The lowest BCUT2D eigenvalue weighted by molar-refractivity contribution is 0.110. The van der Waals surface area contributed by atoms with Gasteiger partial charge in [-0.05, 0) is 37.5 Å². The molecule has 1 aliphatic rings. The summed E-state index contributed by atoms with van der Waals surface area (Å²) in [4.78, 5) is 0. The van der Waals surface area contributed by atoms with Gasteiger partial charge in [0.1, 0.15) is 0 Å². The zero-order valence-electron chi connectivity index (χ0n) is 12.1. The second-order valence-electron chi connectivity index (χ2n) is 4.81. The molecule has 1 aromatic carbocycles. The van der Waals surface area contributed by atoms with Gasteiger partial charge < -0.3 is 19.5 Å². The lowest BCUT2D eigenvalue weighted by Gasteiger charge is -2.14. The van der Waals surface area contributed by atoms with Gasteiger partial charge in [0.2, 0.25) is 0 Å². The quantitative estimate of drug-likeness (QED) is 0.840. The summed E-state index contributed by atoms with van der Waals surface area (Å²) < 4.78 is 16.4. The molecule has 1 heterocycles. The Kier molecular flexibility index (Phi) is 5.95. The van der Waals surface area contributed by atoms with E-state index in [0.29, 0.717) is 29.2 Å². The van der Waals surface area contributed by atoms with Crippen LogP contribution in [0.25, 0.3) is 0 Å². The average Bonchev–Trinajstić information content (AvgIpc) is 2.92. The van der Waals surface area contributed by atoms with Crippen molar-refractivity contribution in [3.8, 4) is 11.5 Å².